The van der Waals surface area contributed by atoms with Gasteiger partial charge in [-0.1, -0.05) is 18.2 Å². The van der Waals surface area contributed by atoms with E-state index in [9.17, 15) is 9.59 Å². The first kappa shape index (κ1) is 13.9. The van der Waals surface area contributed by atoms with Crippen molar-refractivity contribution in [3.8, 4) is 0 Å². The average molecular weight is 272 g/mol. The third kappa shape index (κ3) is 3.47. The van der Waals surface area contributed by atoms with E-state index in [1.807, 2.05) is 18.2 Å². The van der Waals surface area contributed by atoms with Crippen LogP contribution < -0.4 is 5.32 Å². The summed E-state index contributed by atoms with van der Waals surface area (Å²) in [6.07, 6.45) is 1.68. The van der Waals surface area contributed by atoms with Gasteiger partial charge >= 0.3 is 5.97 Å². The molecule has 5 heteroatoms. The van der Waals surface area contributed by atoms with Crippen LogP contribution >= 0.6 is 0 Å². The quantitative estimate of drug-likeness (QED) is 0.850. The van der Waals surface area contributed by atoms with Crippen molar-refractivity contribution >= 4 is 17.6 Å². The predicted octanol–water partition coefficient (Wildman–Crippen LogP) is 2.30. The molecular formula is C15H16N2O3. The third-order valence-corrected chi connectivity index (χ3v) is 2.69. The lowest BCUT2D eigenvalue weighted by molar-refractivity contribution is -0.116. The molecule has 0 aliphatic heterocycles. The molecule has 0 fully saturated rings. The van der Waals surface area contributed by atoms with Crippen molar-refractivity contribution in [1.29, 1.82) is 0 Å². The van der Waals surface area contributed by atoms with Crippen molar-refractivity contribution in [3.63, 3.8) is 0 Å². The van der Waals surface area contributed by atoms with Crippen molar-refractivity contribution in [2.24, 2.45) is 0 Å². The van der Waals surface area contributed by atoms with Gasteiger partial charge in [0.1, 0.15) is 12.2 Å². The van der Waals surface area contributed by atoms with Crippen LogP contribution in [0.5, 0.6) is 0 Å². The Labute approximate surface area is 117 Å². The second-order valence-electron chi connectivity index (χ2n) is 4.16. The SMILES string of the molecule is CCOC(=O)c1cccn1CC(=O)Nc1ccccc1. The van der Waals surface area contributed by atoms with Gasteiger partial charge < -0.3 is 14.6 Å². The van der Waals surface area contributed by atoms with Gasteiger partial charge in [0.25, 0.3) is 0 Å². The highest BCUT2D eigenvalue weighted by Gasteiger charge is 2.13. The zero-order valence-corrected chi connectivity index (χ0v) is 11.2. The first-order valence-electron chi connectivity index (χ1n) is 6.38. The summed E-state index contributed by atoms with van der Waals surface area (Å²) in [5, 5.41) is 2.77. The van der Waals surface area contributed by atoms with Crippen LogP contribution in [0.4, 0.5) is 5.69 Å². The monoisotopic (exact) mass is 272 g/mol. The van der Waals surface area contributed by atoms with Crippen molar-refractivity contribution < 1.29 is 14.3 Å². The first-order valence-corrected chi connectivity index (χ1v) is 6.38. The molecule has 0 atom stereocenters. The van der Waals surface area contributed by atoms with Crippen LogP contribution in [-0.2, 0) is 16.1 Å². The van der Waals surface area contributed by atoms with Crippen LogP contribution in [0.3, 0.4) is 0 Å². The Morgan fingerprint density at radius 1 is 1.15 bits per heavy atom. The number of carbonyl (C=O) groups excluding carboxylic acids is 2. The highest BCUT2D eigenvalue weighted by molar-refractivity contribution is 5.92. The summed E-state index contributed by atoms with van der Waals surface area (Å²) < 4.78 is 6.50. The van der Waals surface area contributed by atoms with E-state index in [2.05, 4.69) is 5.32 Å². The average Bonchev–Trinajstić information content (AvgIpc) is 2.88. The second kappa shape index (κ2) is 6.56. The Kier molecular flexibility index (Phi) is 4.55. The molecular weight excluding hydrogens is 256 g/mol. The number of rotatable bonds is 5. The summed E-state index contributed by atoms with van der Waals surface area (Å²) in [6.45, 7) is 2.11. The molecule has 1 aromatic heterocycles. The topological polar surface area (TPSA) is 60.3 Å². The van der Waals surface area contributed by atoms with E-state index in [0.29, 0.717) is 12.3 Å². The Bertz CT molecular complexity index is 590. The molecule has 1 amide bonds. The summed E-state index contributed by atoms with van der Waals surface area (Å²) in [7, 11) is 0. The molecule has 1 N–H and O–H groups in total. The molecule has 0 radical (unpaired) electrons. The molecule has 1 aromatic carbocycles. The molecule has 0 aliphatic carbocycles. The van der Waals surface area contributed by atoms with Crippen molar-refractivity contribution in [2.75, 3.05) is 11.9 Å². The minimum absolute atomic E-state index is 0.0655. The van der Waals surface area contributed by atoms with E-state index < -0.39 is 5.97 Å². The number of nitrogens with one attached hydrogen (secondary N) is 1. The van der Waals surface area contributed by atoms with Gasteiger partial charge in [0.2, 0.25) is 5.91 Å². The van der Waals surface area contributed by atoms with Gasteiger partial charge in [0.15, 0.2) is 0 Å². The fraction of sp³-hybridized carbons (Fsp3) is 0.200. The number of amides is 1. The molecule has 1 heterocycles. The number of para-hydroxylation sites is 1. The van der Waals surface area contributed by atoms with Crippen molar-refractivity contribution in [2.45, 2.75) is 13.5 Å². The molecule has 5 nitrogen and oxygen atoms in total. The summed E-state index contributed by atoms with van der Waals surface area (Å²) in [5.74, 6) is -0.622. The Hall–Kier alpha value is -2.56. The van der Waals surface area contributed by atoms with Crippen LogP contribution in [0.25, 0.3) is 0 Å². The lowest BCUT2D eigenvalue weighted by atomic mass is 10.3. The van der Waals surface area contributed by atoms with Gasteiger partial charge in [0.05, 0.1) is 6.61 Å². The van der Waals surface area contributed by atoms with E-state index in [1.165, 1.54) is 0 Å². The molecule has 2 aromatic rings. The molecule has 0 saturated heterocycles. The van der Waals surface area contributed by atoms with Crippen LogP contribution in [0, 0.1) is 0 Å². The van der Waals surface area contributed by atoms with Gasteiger partial charge in [-0.05, 0) is 31.2 Å². The van der Waals surface area contributed by atoms with Gasteiger partial charge in [-0.2, -0.15) is 0 Å². The fourth-order valence-electron chi connectivity index (χ4n) is 1.82. The van der Waals surface area contributed by atoms with Gasteiger partial charge in [0, 0.05) is 11.9 Å². The molecule has 20 heavy (non-hydrogen) atoms. The normalized spacial score (nSPS) is 10.1. The number of ether oxygens (including phenoxy) is 1. The third-order valence-electron chi connectivity index (χ3n) is 2.69. The molecule has 0 spiro atoms. The standard InChI is InChI=1S/C15H16N2O3/c1-2-20-15(19)13-9-6-10-17(13)11-14(18)16-12-7-4-3-5-8-12/h3-10H,2,11H2,1H3,(H,16,18). The Morgan fingerprint density at radius 3 is 2.60 bits per heavy atom. The number of hydrogen-bond acceptors (Lipinski definition) is 3. The van der Waals surface area contributed by atoms with Gasteiger partial charge in [-0.3, -0.25) is 4.79 Å². The lowest BCUT2D eigenvalue weighted by Crippen LogP contribution is -2.21. The van der Waals surface area contributed by atoms with E-state index >= 15 is 0 Å². The zero-order valence-electron chi connectivity index (χ0n) is 11.2. The molecule has 0 unspecified atom stereocenters. The smallest absolute Gasteiger partial charge is 0.354 e. The number of anilines is 1. The summed E-state index contributed by atoms with van der Waals surface area (Å²) in [5.41, 5.74) is 1.09. The zero-order chi connectivity index (χ0) is 14.4. The molecule has 104 valence electrons. The number of benzene rings is 1. The van der Waals surface area contributed by atoms with Crippen LogP contribution in [0.2, 0.25) is 0 Å². The largest absolute Gasteiger partial charge is 0.461 e. The van der Waals surface area contributed by atoms with Gasteiger partial charge in [-0.15, -0.1) is 0 Å². The number of esters is 1. The van der Waals surface area contributed by atoms with E-state index in [1.54, 1.807) is 42.0 Å². The predicted molar refractivity (Wildman–Crippen MR) is 75.5 cm³/mol. The van der Waals surface area contributed by atoms with Crippen molar-refractivity contribution in [3.05, 3.63) is 54.4 Å². The van der Waals surface area contributed by atoms with Crippen LogP contribution in [0.15, 0.2) is 48.7 Å². The fourth-order valence-corrected chi connectivity index (χ4v) is 1.82. The molecule has 0 aliphatic rings. The minimum Gasteiger partial charge on any atom is -0.461 e. The van der Waals surface area contributed by atoms with E-state index in [-0.39, 0.29) is 12.5 Å². The van der Waals surface area contributed by atoms with Crippen molar-refractivity contribution in [1.82, 2.24) is 4.57 Å². The Morgan fingerprint density at radius 2 is 1.90 bits per heavy atom. The van der Waals surface area contributed by atoms with E-state index in [0.717, 1.165) is 5.69 Å². The Balaban J connectivity index is 2.02. The highest BCUT2D eigenvalue weighted by Crippen LogP contribution is 2.08. The summed E-state index contributed by atoms with van der Waals surface area (Å²) in [6, 6.07) is 12.5. The maximum atomic E-state index is 11.9. The first-order chi connectivity index (χ1) is 9.70. The highest BCUT2D eigenvalue weighted by atomic mass is 16.5. The van der Waals surface area contributed by atoms with Crippen LogP contribution in [-0.4, -0.2) is 23.1 Å². The number of aromatic nitrogens is 1. The molecule has 0 saturated carbocycles. The summed E-state index contributed by atoms with van der Waals surface area (Å²) in [4.78, 5) is 23.6. The van der Waals surface area contributed by atoms with Crippen LogP contribution in [0.1, 0.15) is 17.4 Å². The second-order valence-corrected chi connectivity index (χ2v) is 4.16. The number of carbonyl (C=O) groups is 2. The number of nitrogens with zero attached hydrogens (tertiary/aromatic N) is 1. The molecule has 2 rings (SSSR count). The number of hydrogen-bond donors (Lipinski definition) is 1. The van der Waals surface area contributed by atoms with Gasteiger partial charge in [-0.25, -0.2) is 4.79 Å². The summed E-state index contributed by atoms with van der Waals surface area (Å²) >= 11 is 0. The maximum Gasteiger partial charge on any atom is 0.354 e. The lowest BCUT2D eigenvalue weighted by Gasteiger charge is -2.09. The molecule has 0 bridgehead atoms. The van der Waals surface area contributed by atoms with E-state index in [4.69, 9.17) is 4.74 Å². The minimum atomic E-state index is -0.426. The maximum absolute atomic E-state index is 11.9.